The van der Waals surface area contributed by atoms with E-state index in [1.165, 1.54) is 63.8 Å². The van der Waals surface area contributed by atoms with Gasteiger partial charge < -0.3 is 9.13 Å². The Morgan fingerprint density at radius 3 is 1.80 bits per heavy atom. The number of thiophene rings is 1. The maximum atomic E-state index is 5.03. The Bertz CT molecular complexity index is 3110. The Kier molecular flexibility index (Phi) is 6.12. The molecule has 0 amide bonds. The average Bonchev–Trinajstić information content (AvgIpc) is 3.85. The number of para-hydroxylation sites is 2. The molecule has 0 bridgehead atoms. The van der Waals surface area contributed by atoms with E-state index in [0.717, 1.165) is 33.9 Å². The van der Waals surface area contributed by atoms with E-state index in [2.05, 4.69) is 179 Å². The van der Waals surface area contributed by atoms with E-state index < -0.39 is 0 Å². The summed E-state index contributed by atoms with van der Waals surface area (Å²) >= 11 is 1.87. The minimum atomic E-state index is 0.964. The van der Waals surface area contributed by atoms with Crippen molar-refractivity contribution in [3.8, 4) is 33.9 Å². The largest absolute Gasteiger partial charge is 0.309 e. The van der Waals surface area contributed by atoms with Crippen molar-refractivity contribution in [2.75, 3.05) is 0 Å². The van der Waals surface area contributed by atoms with Gasteiger partial charge in [-0.1, -0.05) is 109 Å². The van der Waals surface area contributed by atoms with Crippen molar-refractivity contribution in [1.29, 1.82) is 0 Å². The standard InChI is InChI=1S/C47H29N3S/c1-3-12-30(13-4-1)39-18-11-19-40(48-39)31-22-24-33(25-23-31)49-41-20-9-7-16-34(41)37-28-38-35-26-27-45-46(36-17-8-10-21-44(36)51-45)47(35)50(43(38)29-42(37)49)32-14-5-2-6-15-32/h1-29H. The van der Waals surface area contributed by atoms with Crippen LogP contribution in [0.4, 0.5) is 0 Å². The van der Waals surface area contributed by atoms with Crippen molar-refractivity contribution in [1.82, 2.24) is 14.1 Å². The Labute approximate surface area is 297 Å². The summed E-state index contributed by atoms with van der Waals surface area (Å²) in [6, 6.07) is 63.4. The molecule has 0 N–H and O–H groups in total. The highest BCUT2D eigenvalue weighted by Gasteiger charge is 2.21. The SMILES string of the molecule is c1ccc(-c2cccc(-c3ccc(-n4c5ccccc5c5cc6c7ccc8sc9ccccc9c8c7n(-c7ccccc7)c6cc54)cc3)n2)cc1. The van der Waals surface area contributed by atoms with Gasteiger partial charge in [0.2, 0.25) is 0 Å². The highest BCUT2D eigenvalue weighted by molar-refractivity contribution is 7.26. The molecule has 0 aliphatic rings. The minimum Gasteiger partial charge on any atom is -0.309 e. The number of rotatable bonds is 4. The van der Waals surface area contributed by atoms with Crippen LogP contribution in [0.3, 0.4) is 0 Å². The summed E-state index contributed by atoms with van der Waals surface area (Å²) in [5.74, 6) is 0. The van der Waals surface area contributed by atoms with Gasteiger partial charge in [-0.3, -0.25) is 0 Å². The molecule has 3 nitrogen and oxygen atoms in total. The summed E-state index contributed by atoms with van der Waals surface area (Å²) in [4.78, 5) is 5.03. The maximum absolute atomic E-state index is 5.03. The zero-order valence-electron chi connectivity index (χ0n) is 27.5. The van der Waals surface area contributed by atoms with Crippen LogP contribution in [0.15, 0.2) is 176 Å². The fourth-order valence-corrected chi connectivity index (χ4v) is 9.15. The van der Waals surface area contributed by atoms with Crippen LogP contribution < -0.4 is 0 Å². The molecule has 0 saturated carbocycles. The van der Waals surface area contributed by atoms with Crippen molar-refractivity contribution < 1.29 is 0 Å². The van der Waals surface area contributed by atoms with Gasteiger partial charge in [0.05, 0.1) is 33.5 Å². The van der Waals surface area contributed by atoms with Crippen LogP contribution in [0, 0.1) is 0 Å². The van der Waals surface area contributed by atoms with E-state index in [0.29, 0.717) is 0 Å². The summed E-state index contributed by atoms with van der Waals surface area (Å²) < 4.78 is 7.54. The molecule has 0 saturated heterocycles. The van der Waals surface area contributed by atoms with Crippen molar-refractivity contribution >= 4 is 75.1 Å². The topological polar surface area (TPSA) is 22.8 Å². The molecule has 0 radical (unpaired) electrons. The molecule has 11 aromatic rings. The summed E-state index contributed by atoms with van der Waals surface area (Å²) in [5.41, 5.74) is 11.3. The van der Waals surface area contributed by atoms with E-state index in [1.807, 2.05) is 17.4 Å². The third-order valence-corrected chi connectivity index (χ3v) is 11.5. The van der Waals surface area contributed by atoms with Gasteiger partial charge in [0.15, 0.2) is 0 Å². The first kappa shape index (κ1) is 28.4. The molecule has 51 heavy (non-hydrogen) atoms. The molecule has 4 heterocycles. The zero-order valence-corrected chi connectivity index (χ0v) is 28.3. The molecule has 0 aliphatic carbocycles. The van der Waals surface area contributed by atoms with Gasteiger partial charge in [0.1, 0.15) is 0 Å². The lowest BCUT2D eigenvalue weighted by Gasteiger charge is -2.11. The van der Waals surface area contributed by atoms with E-state index in [4.69, 9.17) is 4.98 Å². The Balaban J connectivity index is 1.17. The Hall–Kier alpha value is -6.49. The van der Waals surface area contributed by atoms with Gasteiger partial charge in [-0.15, -0.1) is 11.3 Å². The number of hydrogen-bond donors (Lipinski definition) is 0. The fraction of sp³-hybridized carbons (Fsp3) is 0. The van der Waals surface area contributed by atoms with Crippen molar-refractivity contribution in [2.45, 2.75) is 0 Å². The van der Waals surface area contributed by atoms with Crippen LogP contribution >= 0.6 is 11.3 Å². The van der Waals surface area contributed by atoms with Crippen molar-refractivity contribution in [3.05, 3.63) is 176 Å². The second-order valence-corrected chi connectivity index (χ2v) is 14.2. The molecule has 0 unspecified atom stereocenters. The molecule has 11 rings (SSSR count). The molecular weight excluding hydrogens is 639 g/mol. The first-order chi connectivity index (χ1) is 25.3. The van der Waals surface area contributed by atoms with E-state index in [1.54, 1.807) is 0 Å². The second-order valence-electron chi connectivity index (χ2n) is 13.2. The van der Waals surface area contributed by atoms with Crippen LogP contribution in [-0.4, -0.2) is 14.1 Å². The molecule has 7 aromatic carbocycles. The van der Waals surface area contributed by atoms with Crippen LogP contribution in [0.5, 0.6) is 0 Å². The number of nitrogens with zero attached hydrogens (tertiary/aromatic N) is 3. The van der Waals surface area contributed by atoms with Gasteiger partial charge >= 0.3 is 0 Å². The molecule has 0 fully saturated rings. The first-order valence-electron chi connectivity index (χ1n) is 17.3. The van der Waals surface area contributed by atoms with E-state index >= 15 is 0 Å². The van der Waals surface area contributed by atoms with E-state index in [9.17, 15) is 0 Å². The first-order valence-corrected chi connectivity index (χ1v) is 18.1. The summed E-state index contributed by atoms with van der Waals surface area (Å²) in [7, 11) is 0. The van der Waals surface area contributed by atoms with Gasteiger partial charge in [0.25, 0.3) is 0 Å². The van der Waals surface area contributed by atoms with Crippen molar-refractivity contribution in [2.24, 2.45) is 0 Å². The number of benzene rings is 7. The minimum absolute atomic E-state index is 0.964. The normalized spacial score (nSPS) is 11.9. The molecule has 0 aliphatic heterocycles. The van der Waals surface area contributed by atoms with Gasteiger partial charge in [0, 0.05) is 64.2 Å². The number of aromatic nitrogens is 3. The summed E-state index contributed by atoms with van der Waals surface area (Å²) in [6.07, 6.45) is 0. The summed E-state index contributed by atoms with van der Waals surface area (Å²) in [6.45, 7) is 0. The molecule has 4 heteroatoms. The van der Waals surface area contributed by atoms with Gasteiger partial charge in [-0.2, -0.15) is 0 Å². The lowest BCUT2D eigenvalue weighted by atomic mass is 10.1. The number of fused-ring (bicyclic) bond motifs is 10. The number of hydrogen-bond acceptors (Lipinski definition) is 2. The molecule has 238 valence electrons. The third-order valence-electron chi connectivity index (χ3n) is 10.3. The predicted octanol–water partition coefficient (Wildman–Crippen LogP) is 13.0. The lowest BCUT2D eigenvalue weighted by Crippen LogP contribution is -1.96. The molecule has 4 aromatic heterocycles. The lowest BCUT2D eigenvalue weighted by molar-refractivity contribution is 1.17. The highest BCUT2D eigenvalue weighted by atomic mass is 32.1. The smallest absolute Gasteiger partial charge is 0.0709 e. The quantitative estimate of drug-likeness (QED) is 0.183. The van der Waals surface area contributed by atoms with Gasteiger partial charge in [-0.05, 0) is 66.7 Å². The average molecular weight is 668 g/mol. The number of pyridine rings is 1. The fourth-order valence-electron chi connectivity index (χ4n) is 8.04. The molecular formula is C47H29N3S. The molecule has 0 atom stereocenters. The van der Waals surface area contributed by atoms with Crippen LogP contribution in [-0.2, 0) is 0 Å². The Morgan fingerprint density at radius 2 is 1.00 bits per heavy atom. The van der Waals surface area contributed by atoms with Crippen molar-refractivity contribution in [3.63, 3.8) is 0 Å². The maximum Gasteiger partial charge on any atom is 0.0709 e. The van der Waals surface area contributed by atoms with Crippen LogP contribution in [0.2, 0.25) is 0 Å². The van der Waals surface area contributed by atoms with E-state index in [-0.39, 0.29) is 0 Å². The molecule has 0 spiro atoms. The van der Waals surface area contributed by atoms with Gasteiger partial charge in [-0.25, -0.2) is 4.98 Å². The second kappa shape index (κ2) is 11.0. The third kappa shape index (κ3) is 4.27. The summed E-state index contributed by atoms with van der Waals surface area (Å²) in [5, 5.41) is 7.68. The monoisotopic (exact) mass is 667 g/mol. The Morgan fingerprint density at radius 1 is 0.373 bits per heavy atom. The highest BCUT2D eigenvalue weighted by Crippen LogP contribution is 2.45. The van der Waals surface area contributed by atoms with Crippen LogP contribution in [0.1, 0.15) is 0 Å². The zero-order chi connectivity index (χ0) is 33.5. The predicted molar refractivity (Wildman–Crippen MR) is 217 cm³/mol. The van der Waals surface area contributed by atoms with Crippen LogP contribution in [0.25, 0.3) is 97.7 Å².